The van der Waals surface area contributed by atoms with Gasteiger partial charge >= 0.3 is 0 Å². The molecule has 0 bridgehead atoms. The van der Waals surface area contributed by atoms with Crippen LogP contribution in [0.1, 0.15) is 37.3 Å². The zero-order valence-corrected chi connectivity index (χ0v) is 21.2. The molecule has 2 aliphatic rings. The van der Waals surface area contributed by atoms with Gasteiger partial charge in [0.25, 0.3) is 6.43 Å². The van der Waals surface area contributed by atoms with Crippen LogP contribution in [0, 0.1) is 11.3 Å². The number of fused-ring (bicyclic) bond motifs is 1. The first kappa shape index (κ1) is 25.1. The van der Waals surface area contributed by atoms with Crippen molar-refractivity contribution < 1.29 is 13.5 Å². The molecule has 0 unspecified atom stereocenters. The monoisotopic (exact) mass is 534 g/mol. The summed E-state index contributed by atoms with van der Waals surface area (Å²) in [5, 5.41) is 16.9. The Morgan fingerprint density at radius 3 is 2.82 bits per heavy atom. The van der Waals surface area contributed by atoms with Crippen molar-refractivity contribution in [2.24, 2.45) is 0 Å². The van der Waals surface area contributed by atoms with E-state index in [0.29, 0.717) is 17.2 Å². The molecular formula is C26H28F2N10O. The Balaban J connectivity index is 1.18. The molecule has 0 amide bonds. The van der Waals surface area contributed by atoms with Gasteiger partial charge in [-0.15, -0.1) is 0 Å². The molecule has 6 rings (SSSR count). The van der Waals surface area contributed by atoms with E-state index in [1.165, 1.54) is 18.6 Å². The molecule has 1 saturated heterocycles. The topological polar surface area (TPSA) is 123 Å². The molecule has 5 heterocycles. The fourth-order valence-electron chi connectivity index (χ4n) is 5.38. The summed E-state index contributed by atoms with van der Waals surface area (Å²) in [4.78, 5) is 20.6. The summed E-state index contributed by atoms with van der Waals surface area (Å²) in [5.74, 6) is 0.389. The van der Waals surface area contributed by atoms with E-state index >= 15 is 0 Å². The van der Waals surface area contributed by atoms with Gasteiger partial charge in [-0.1, -0.05) is 0 Å². The Hall–Kier alpha value is -4.18. The van der Waals surface area contributed by atoms with Gasteiger partial charge in [-0.2, -0.15) is 10.4 Å². The quantitative estimate of drug-likeness (QED) is 0.378. The lowest BCUT2D eigenvalue weighted by atomic mass is 9.91. The number of aromatic nitrogens is 7. The van der Waals surface area contributed by atoms with E-state index < -0.39 is 13.0 Å². The van der Waals surface area contributed by atoms with Crippen LogP contribution >= 0.6 is 0 Å². The first-order valence-corrected chi connectivity index (χ1v) is 13.1. The van der Waals surface area contributed by atoms with E-state index in [-0.39, 0.29) is 17.6 Å². The summed E-state index contributed by atoms with van der Waals surface area (Å²) in [5.41, 5.74) is 3.92. The summed E-state index contributed by atoms with van der Waals surface area (Å²) in [6, 6.07) is 4.50. The summed E-state index contributed by atoms with van der Waals surface area (Å²) < 4.78 is 34.3. The maximum absolute atomic E-state index is 12.8. The maximum atomic E-state index is 12.8. The number of alkyl halides is 2. The molecule has 39 heavy (non-hydrogen) atoms. The summed E-state index contributed by atoms with van der Waals surface area (Å²) in [7, 11) is 0. The van der Waals surface area contributed by atoms with Gasteiger partial charge in [-0.25, -0.2) is 28.7 Å². The lowest BCUT2D eigenvalue weighted by molar-refractivity contribution is 0.122. The molecule has 0 aromatic carbocycles. The van der Waals surface area contributed by atoms with Crippen molar-refractivity contribution in [3.63, 3.8) is 0 Å². The van der Waals surface area contributed by atoms with Crippen LogP contribution in [0.5, 0.6) is 0 Å². The number of halogens is 2. The van der Waals surface area contributed by atoms with Crippen LogP contribution in [0.2, 0.25) is 0 Å². The largest absolute Gasteiger partial charge is 0.378 e. The van der Waals surface area contributed by atoms with Gasteiger partial charge in [-0.3, -0.25) is 4.68 Å². The Morgan fingerprint density at radius 2 is 2.00 bits per heavy atom. The Bertz CT molecular complexity index is 1490. The van der Waals surface area contributed by atoms with Crippen molar-refractivity contribution in [2.45, 2.75) is 50.7 Å². The van der Waals surface area contributed by atoms with Crippen molar-refractivity contribution in [2.75, 3.05) is 36.5 Å². The molecule has 1 aliphatic carbocycles. The predicted molar refractivity (Wildman–Crippen MR) is 139 cm³/mol. The van der Waals surface area contributed by atoms with Crippen LogP contribution in [-0.4, -0.2) is 73.1 Å². The van der Waals surface area contributed by atoms with E-state index in [1.54, 1.807) is 0 Å². The molecule has 2 fully saturated rings. The number of hydrogen-bond donors (Lipinski definition) is 1. The van der Waals surface area contributed by atoms with E-state index in [0.717, 1.165) is 73.5 Å². The fraction of sp³-hybridized carbons (Fsp3) is 0.462. The Morgan fingerprint density at radius 1 is 1.13 bits per heavy atom. The Kier molecular flexibility index (Phi) is 7.02. The molecule has 0 spiro atoms. The maximum Gasteiger partial charge on any atom is 0.257 e. The van der Waals surface area contributed by atoms with Crippen LogP contribution in [0.15, 0.2) is 37.2 Å². The zero-order valence-electron chi connectivity index (χ0n) is 21.2. The molecule has 1 N–H and O–H groups in total. The van der Waals surface area contributed by atoms with Gasteiger partial charge in [-0.05, 0) is 31.7 Å². The highest BCUT2D eigenvalue weighted by molar-refractivity contribution is 5.75. The second-order valence-corrected chi connectivity index (χ2v) is 9.86. The number of rotatable bonds is 7. The van der Waals surface area contributed by atoms with Gasteiger partial charge < -0.3 is 19.5 Å². The highest BCUT2D eigenvalue weighted by atomic mass is 19.3. The third kappa shape index (κ3) is 5.37. The number of imidazole rings is 1. The van der Waals surface area contributed by atoms with Crippen molar-refractivity contribution in [1.29, 1.82) is 5.26 Å². The van der Waals surface area contributed by atoms with Gasteiger partial charge in [0, 0.05) is 36.9 Å². The van der Waals surface area contributed by atoms with Crippen molar-refractivity contribution in [3.05, 3.63) is 42.7 Å². The van der Waals surface area contributed by atoms with Crippen LogP contribution in [-0.2, 0) is 11.3 Å². The summed E-state index contributed by atoms with van der Waals surface area (Å²) >= 11 is 0. The molecule has 4 aromatic rings. The van der Waals surface area contributed by atoms with E-state index in [9.17, 15) is 14.0 Å². The number of hydrogen-bond acceptors (Lipinski definition) is 9. The van der Waals surface area contributed by atoms with Crippen molar-refractivity contribution in [1.82, 2.24) is 34.3 Å². The lowest BCUT2D eigenvalue weighted by Gasteiger charge is -2.31. The van der Waals surface area contributed by atoms with E-state index in [4.69, 9.17) is 9.72 Å². The molecule has 0 radical (unpaired) electrons. The minimum atomic E-state index is -2.52. The van der Waals surface area contributed by atoms with Crippen LogP contribution in [0.25, 0.3) is 22.4 Å². The van der Waals surface area contributed by atoms with Crippen molar-refractivity contribution >= 4 is 22.8 Å². The van der Waals surface area contributed by atoms with Gasteiger partial charge in [0.2, 0.25) is 5.95 Å². The number of anilines is 2. The Labute approximate surface area is 223 Å². The molecule has 1 saturated carbocycles. The molecule has 202 valence electrons. The molecular weight excluding hydrogens is 506 g/mol. The predicted octanol–water partition coefficient (Wildman–Crippen LogP) is 3.65. The molecule has 4 aromatic heterocycles. The van der Waals surface area contributed by atoms with E-state index in [1.807, 2.05) is 12.5 Å². The van der Waals surface area contributed by atoms with Gasteiger partial charge in [0.15, 0.2) is 5.65 Å². The van der Waals surface area contributed by atoms with Gasteiger partial charge in [0.1, 0.15) is 18.1 Å². The van der Waals surface area contributed by atoms with E-state index in [2.05, 4.69) is 47.0 Å². The molecule has 13 heteroatoms. The fourth-order valence-corrected chi connectivity index (χ4v) is 5.38. The minimum absolute atomic E-state index is 0.108. The third-order valence-corrected chi connectivity index (χ3v) is 7.29. The average molecular weight is 535 g/mol. The number of ether oxygens (including phenoxy) is 1. The second kappa shape index (κ2) is 10.9. The minimum Gasteiger partial charge on any atom is -0.378 e. The van der Waals surface area contributed by atoms with Crippen LogP contribution in [0.4, 0.5) is 20.4 Å². The highest BCUT2D eigenvalue weighted by Gasteiger charge is 2.26. The SMILES string of the molecule is N#Cc1cnc(N[C@@H]2CCC[C@H](n3cnc4cc(N5CCOCC5)cnc43)C2)nc1-c1cnn(CC(F)F)c1. The number of pyridine rings is 1. The first-order valence-electron chi connectivity index (χ1n) is 13.1. The highest BCUT2D eigenvalue weighted by Crippen LogP contribution is 2.33. The average Bonchev–Trinajstić information content (AvgIpc) is 3.60. The number of nitriles is 1. The number of nitrogens with zero attached hydrogens (tertiary/aromatic N) is 9. The second-order valence-electron chi connectivity index (χ2n) is 9.86. The van der Waals surface area contributed by atoms with Gasteiger partial charge in [0.05, 0.1) is 55.1 Å². The lowest BCUT2D eigenvalue weighted by Crippen LogP contribution is -2.36. The summed E-state index contributed by atoms with van der Waals surface area (Å²) in [6.07, 6.45) is 9.44. The zero-order chi connectivity index (χ0) is 26.8. The normalized spacial score (nSPS) is 19.9. The van der Waals surface area contributed by atoms with Crippen molar-refractivity contribution in [3.8, 4) is 17.3 Å². The molecule has 2 atom stereocenters. The third-order valence-electron chi connectivity index (χ3n) is 7.29. The smallest absolute Gasteiger partial charge is 0.257 e. The first-order chi connectivity index (χ1) is 19.1. The standard InChI is InChI=1S/C26H28F2N10O/c27-23(28)15-37-14-18(12-33-37)24-17(10-29)11-31-26(35-24)34-19-2-1-3-20(8-19)38-16-32-22-9-21(13-30-25(22)38)36-4-6-39-7-5-36/h9,11-14,16,19-20,23H,1-8,15H2,(H,31,34,35)/t19-,20+/m1/s1. The number of morpholine rings is 1. The molecule has 11 nitrogen and oxygen atoms in total. The molecule has 1 aliphatic heterocycles. The van der Waals surface area contributed by atoms with Crippen LogP contribution in [0.3, 0.4) is 0 Å². The van der Waals surface area contributed by atoms with Crippen LogP contribution < -0.4 is 10.2 Å². The summed E-state index contributed by atoms with van der Waals surface area (Å²) in [6.45, 7) is 2.61. The number of nitrogens with one attached hydrogen (secondary N) is 1.